The molecule has 0 bridgehead atoms. The number of hydrogen-bond donors (Lipinski definition) is 1. The van der Waals surface area contributed by atoms with Gasteiger partial charge in [0, 0.05) is 5.02 Å². The van der Waals surface area contributed by atoms with Crippen molar-refractivity contribution in [2.24, 2.45) is 0 Å². The molecule has 0 saturated heterocycles. The van der Waals surface area contributed by atoms with Crippen molar-refractivity contribution in [3.8, 4) is 0 Å². The topological polar surface area (TPSA) is 42.0 Å². The maximum absolute atomic E-state index is 12.2. The summed E-state index contributed by atoms with van der Waals surface area (Å²) in [5.74, 6) is -0.275. The Bertz CT molecular complexity index is 845. The summed E-state index contributed by atoms with van der Waals surface area (Å²) < 4.78 is 0.939. The summed E-state index contributed by atoms with van der Waals surface area (Å²) in [5, 5.41) is 4.38. The molecule has 6 heteroatoms. The van der Waals surface area contributed by atoms with E-state index >= 15 is 0 Å². The van der Waals surface area contributed by atoms with Crippen LogP contribution >= 0.6 is 34.5 Å². The van der Waals surface area contributed by atoms with Gasteiger partial charge in [0.2, 0.25) is 0 Å². The normalized spacial score (nSPS) is 10.8. The maximum Gasteiger partial charge on any atom is 0.258 e. The zero-order chi connectivity index (χ0) is 15.0. The van der Waals surface area contributed by atoms with Crippen LogP contribution in [0, 0.1) is 6.92 Å². The summed E-state index contributed by atoms with van der Waals surface area (Å²) in [6.07, 6.45) is 0. The number of rotatable bonds is 2. The third-order valence-electron chi connectivity index (χ3n) is 2.99. The largest absolute Gasteiger partial charge is 0.298 e. The summed E-state index contributed by atoms with van der Waals surface area (Å²) in [6.45, 7) is 1.94. The average Bonchev–Trinajstić information content (AvgIpc) is 2.81. The standard InChI is InChI=1S/C15H10Cl2N2OS/c1-8-6-9(16)7-12-13(8)18-15(21-12)19-14(20)10-4-2-3-5-11(10)17/h2-7H,1H3,(H,18,19,20). The Hall–Kier alpha value is -1.62. The number of nitrogens with zero attached hydrogens (tertiary/aromatic N) is 1. The zero-order valence-electron chi connectivity index (χ0n) is 11.0. The van der Waals surface area contributed by atoms with Gasteiger partial charge in [0.25, 0.3) is 5.91 Å². The molecule has 3 nitrogen and oxygen atoms in total. The molecule has 21 heavy (non-hydrogen) atoms. The minimum Gasteiger partial charge on any atom is -0.298 e. The molecular weight excluding hydrogens is 327 g/mol. The number of benzene rings is 2. The fraction of sp³-hybridized carbons (Fsp3) is 0.0667. The van der Waals surface area contributed by atoms with Gasteiger partial charge in [-0.2, -0.15) is 0 Å². The lowest BCUT2D eigenvalue weighted by Gasteiger charge is -2.02. The first-order valence-corrected chi connectivity index (χ1v) is 7.74. The highest BCUT2D eigenvalue weighted by Gasteiger charge is 2.13. The second-order valence-electron chi connectivity index (χ2n) is 4.52. The van der Waals surface area contributed by atoms with Crippen LogP contribution in [0.5, 0.6) is 0 Å². The fourth-order valence-corrected chi connectivity index (χ4v) is 3.55. The van der Waals surface area contributed by atoms with Crippen LogP contribution < -0.4 is 5.32 Å². The van der Waals surface area contributed by atoms with E-state index < -0.39 is 0 Å². The van der Waals surface area contributed by atoms with Crippen LogP contribution in [0.4, 0.5) is 5.13 Å². The van der Waals surface area contributed by atoms with Crippen LogP contribution in [0.25, 0.3) is 10.2 Å². The minimum absolute atomic E-state index is 0.275. The van der Waals surface area contributed by atoms with E-state index in [1.54, 1.807) is 24.3 Å². The average molecular weight is 337 g/mol. The fourth-order valence-electron chi connectivity index (χ4n) is 2.02. The maximum atomic E-state index is 12.2. The van der Waals surface area contributed by atoms with Crippen LogP contribution in [-0.2, 0) is 0 Å². The molecule has 0 atom stereocenters. The number of amides is 1. The second-order valence-corrected chi connectivity index (χ2v) is 6.40. The summed E-state index contributed by atoms with van der Waals surface area (Å²) in [5.41, 5.74) is 2.25. The van der Waals surface area contributed by atoms with Gasteiger partial charge in [-0.15, -0.1) is 0 Å². The Labute approximate surface area is 135 Å². The molecule has 0 aliphatic heterocycles. The highest BCUT2D eigenvalue weighted by molar-refractivity contribution is 7.22. The number of halogens is 2. The molecule has 1 heterocycles. The van der Waals surface area contributed by atoms with Gasteiger partial charge in [-0.1, -0.05) is 46.7 Å². The van der Waals surface area contributed by atoms with Gasteiger partial charge in [0.15, 0.2) is 5.13 Å². The van der Waals surface area contributed by atoms with Gasteiger partial charge < -0.3 is 0 Å². The summed E-state index contributed by atoms with van der Waals surface area (Å²) >= 11 is 13.4. The van der Waals surface area contributed by atoms with Crippen LogP contribution in [0.15, 0.2) is 36.4 Å². The number of anilines is 1. The SMILES string of the molecule is Cc1cc(Cl)cc2sc(NC(=O)c3ccccc3Cl)nc12. The summed E-state index contributed by atoms with van der Waals surface area (Å²) in [4.78, 5) is 16.6. The van der Waals surface area contributed by atoms with E-state index in [1.165, 1.54) is 11.3 Å². The van der Waals surface area contributed by atoms with E-state index in [9.17, 15) is 4.79 Å². The van der Waals surface area contributed by atoms with Crippen molar-refractivity contribution in [1.82, 2.24) is 4.98 Å². The number of hydrogen-bond acceptors (Lipinski definition) is 3. The molecule has 1 amide bonds. The Kier molecular flexibility index (Phi) is 3.85. The molecule has 0 spiro atoms. The third kappa shape index (κ3) is 2.88. The van der Waals surface area contributed by atoms with Crippen LogP contribution in [0.1, 0.15) is 15.9 Å². The van der Waals surface area contributed by atoms with E-state index in [2.05, 4.69) is 10.3 Å². The molecule has 0 aliphatic rings. The first kappa shape index (κ1) is 14.3. The van der Waals surface area contributed by atoms with Crippen molar-refractivity contribution in [1.29, 1.82) is 0 Å². The number of carbonyl (C=O) groups is 1. The molecule has 1 N–H and O–H groups in total. The number of carbonyl (C=O) groups excluding carboxylic acids is 1. The van der Waals surface area contributed by atoms with Gasteiger partial charge in [-0.05, 0) is 36.8 Å². The number of fused-ring (bicyclic) bond motifs is 1. The lowest BCUT2D eigenvalue weighted by atomic mass is 10.2. The predicted octanol–water partition coefficient (Wildman–Crippen LogP) is 5.16. The third-order valence-corrected chi connectivity index (χ3v) is 4.45. The molecule has 3 aromatic rings. The number of aryl methyl sites for hydroxylation is 1. The lowest BCUT2D eigenvalue weighted by molar-refractivity contribution is 0.102. The smallest absolute Gasteiger partial charge is 0.258 e. The van der Waals surface area contributed by atoms with Crippen molar-refractivity contribution >= 4 is 55.8 Å². The summed E-state index contributed by atoms with van der Waals surface area (Å²) in [7, 11) is 0. The highest BCUT2D eigenvalue weighted by Crippen LogP contribution is 2.31. The highest BCUT2D eigenvalue weighted by atomic mass is 35.5. The van der Waals surface area contributed by atoms with Crippen LogP contribution in [-0.4, -0.2) is 10.9 Å². The van der Waals surface area contributed by atoms with Crippen molar-refractivity contribution < 1.29 is 4.79 Å². The number of aromatic nitrogens is 1. The van der Waals surface area contributed by atoms with Crippen molar-refractivity contribution in [2.45, 2.75) is 6.92 Å². The van der Waals surface area contributed by atoms with E-state index in [-0.39, 0.29) is 5.91 Å². The van der Waals surface area contributed by atoms with Crippen LogP contribution in [0.2, 0.25) is 10.0 Å². The molecule has 0 saturated carbocycles. The van der Waals surface area contributed by atoms with Gasteiger partial charge in [0.1, 0.15) is 0 Å². The number of thiazole rings is 1. The molecule has 0 fully saturated rings. The zero-order valence-corrected chi connectivity index (χ0v) is 13.3. The molecule has 2 aromatic carbocycles. The quantitative estimate of drug-likeness (QED) is 0.701. The first-order valence-electron chi connectivity index (χ1n) is 6.17. The van der Waals surface area contributed by atoms with Crippen molar-refractivity contribution in [3.63, 3.8) is 0 Å². The molecule has 0 radical (unpaired) electrons. The van der Waals surface area contributed by atoms with E-state index in [0.717, 1.165) is 15.8 Å². The molecule has 1 aromatic heterocycles. The Morgan fingerprint density at radius 1 is 1.24 bits per heavy atom. The second kappa shape index (κ2) is 5.64. The predicted molar refractivity (Wildman–Crippen MR) is 88.8 cm³/mol. The van der Waals surface area contributed by atoms with Crippen molar-refractivity contribution in [2.75, 3.05) is 5.32 Å². The molecule has 106 valence electrons. The Morgan fingerprint density at radius 2 is 2.00 bits per heavy atom. The monoisotopic (exact) mass is 336 g/mol. The van der Waals surface area contributed by atoms with E-state index in [0.29, 0.717) is 20.7 Å². The Balaban J connectivity index is 1.94. The molecule has 0 aliphatic carbocycles. The lowest BCUT2D eigenvalue weighted by Crippen LogP contribution is -2.12. The first-order chi connectivity index (χ1) is 10.0. The van der Waals surface area contributed by atoms with Gasteiger partial charge in [-0.3, -0.25) is 10.1 Å². The van der Waals surface area contributed by atoms with E-state index in [1.807, 2.05) is 19.1 Å². The Morgan fingerprint density at radius 3 is 2.76 bits per heavy atom. The van der Waals surface area contributed by atoms with Gasteiger partial charge in [0.05, 0.1) is 20.8 Å². The van der Waals surface area contributed by atoms with Gasteiger partial charge >= 0.3 is 0 Å². The molecule has 0 unspecified atom stereocenters. The molecule has 3 rings (SSSR count). The van der Waals surface area contributed by atoms with Crippen LogP contribution in [0.3, 0.4) is 0 Å². The van der Waals surface area contributed by atoms with Crippen molar-refractivity contribution in [3.05, 3.63) is 57.6 Å². The molecular formula is C15H10Cl2N2OS. The van der Waals surface area contributed by atoms with Gasteiger partial charge in [-0.25, -0.2) is 4.98 Å². The minimum atomic E-state index is -0.275. The summed E-state index contributed by atoms with van der Waals surface area (Å²) in [6, 6.07) is 10.6. The number of nitrogens with one attached hydrogen (secondary N) is 1. The van der Waals surface area contributed by atoms with E-state index in [4.69, 9.17) is 23.2 Å².